The highest BCUT2D eigenvalue weighted by molar-refractivity contribution is 5.20. The van der Waals surface area contributed by atoms with E-state index in [4.69, 9.17) is 5.11 Å². The molecule has 0 radical (unpaired) electrons. The zero-order valence-corrected chi connectivity index (χ0v) is 17.8. The van der Waals surface area contributed by atoms with Gasteiger partial charge in [0, 0.05) is 6.42 Å². The van der Waals surface area contributed by atoms with Crippen LogP contribution in [-0.4, -0.2) is 71.1 Å². The molecule has 0 spiro atoms. The van der Waals surface area contributed by atoms with Gasteiger partial charge in [0.05, 0.1) is 6.61 Å². The van der Waals surface area contributed by atoms with Crippen molar-refractivity contribution < 1.29 is 84.5 Å². The van der Waals surface area contributed by atoms with E-state index in [2.05, 4.69) is 4.74 Å². The Balaban J connectivity index is 3.64. The fourth-order valence-corrected chi connectivity index (χ4v) is 2.82. The van der Waals surface area contributed by atoms with Crippen LogP contribution in [0.4, 0.5) is 74.6 Å². The highest BCUT2D eigenvalue weighted by Crippen LogP contribution is 2.64. The summed E-state index contributed by atoms with van der Waals surface area (Å²) in [5, 5.41) is 9.07. The van der Waals surface area contributed by atoms with Gasteiger partial charge in [0.15, 0.2) is 6.17 Å². The van der Waals surface area contributed by atoms with Crippen molar-refractivity contribution in [2.75, 3.05) is 6.61 Å². The zero-order valence-electron chi connectivity index (χ0n) is 17.8. The van der Waals surface area contributed by atoms with Crippen LogP contribution in [0.25, 0.3) is 0 Å². The molecule has 37 heavy (non-hydrogen) atoms. The minimum atomic E-state index is -8.65. The van der Waals surface area contributed by atoms with Crippen molar-refractivity contribution in [3.8, 4) is 0 Å². The van der Waals surface area contributed by atoms with Gasteiger partial charge in [-0.2, -0.15) is 70.2 Å². The molecule has 0 aromatic heterocycles. The Morgan fingerprint density at radius 1 is 0.703 bits per heavy atom. The van der Waals surface area contributed by atoms with E-state index in [0.717, 1.165) is 12.2 Å². The first kappa shape index (κ1) is 33.2. The summed E-state index contributed by atoms with van der Waals surface area (Å²) in [4.78, 5) is 0. The van der Waals surface area contributed by atoms with Crippen LogP contribution in [0, 0.1) is 0 Å². The van der Waals surface area contributed by atoms with E-state index in [1.165, 1.54) is 0 Å². The second kappa shape index (κ2) is 9.44. The lowest BCUT2D eigenvalue weighted by molar-refractivity contribution is -0.480. The third-order valence-electron chi connectivity index (χ3n) is 5.22. The minimum absolute atomic E-state index is 0.257. The molecule has 1 aliphatic carbocycles. The van der Waals surface area contributed by atoms with E-state index in [9.17, 15) is 74.6 Å². The third kappa shape index (κ3) is 4.56. The van der Waals surface area contributed by atoms with Gasteiger partial charge in [0.2, 0.25) is 0 Å². The summed E-state index contributed by atoms with van der Waals surface area (Å²) < 4.78 is 237. The second-order valence-electron chi connectivity index (χ2n) is 7.78. The van der Waals surface area contributed by atoms with Gasteiger partial charge in [-0.15, -0.1) is 0 Å². The summed E-state index contributed by atoms with van der Waals surface area (Å²) in [7, 11) is 0. The molecule has 0 aromatic carbocycles. The number of ether oxygens (including phenoxy) is 1. The van der Waals surface area contributed by atoms with Crippen LogP contribution in [0.3, 0.4) is 0 Å². The topological polar surface area (TPSA) is 29.5 Å². The Labute approximate surface area is 195 Å². The van der Waals surface area contributed by atoms with Gasteiger partial charge in [-0.3, -0.25) is 0 Å². The molecule has 0 saturated carbocycles. The van der Waals surface area contributed by atoms with Gasteiger partial charge in [0.1, 0.15) is 5.60 Å². The van der Waals surface area contributed by atoms with Crippen molar-refractivity contribution in [3.63, 3.8) is 0 Å². The Kier molecular flexibility index (Phi) is 8.48. The first-order valence-corrected chi connectivity index (χ1v) is 9.52. The summed E-state index contributed by atoms with van der Waals surface area (Å²) in [6.07, 6.45) is -11.6. The fourth-order valence-electron chi connectivity index (χ4n) is 2.82. The van der Waals surface area contributed by atoms with Crippen molar-refractivity contribution >= 4 is 0 Å². The first-order chi connectivity index (χ1) is 16.2. The lowest BCUT2D eigenvalue weighted by Gasteiger charge is -2.44. The van der Waals surface area contributed by atoms with Gasteiger partial charge < -0.3 is 9.84 Å². The van der Waals surface area contributed by atoms with Crippen molar-refractivity contribution in [3.05, 3.63) is 24.3 Å². The highest BCUT2D eigenvalue weighted by atomic mass is 19.4. The summed E-state index contributed by atoms with van der Waals surface area (Å²) in [6, 6.07) is 0. The Morgan fingerprint density at radius 3 is 1.46 bits per heavy atom. The predicted molar refractivity (Wildman–Crippen MR) is 88.6 cm³/mol. The lowest BCUT2D eigenvalue weighted by Crippen LogP contribution is -2.75. The Bertz CT molecular complexity index is 879. The van der Waals surface area contributed by atoms with Crippen molar-refractivity contribution in [2.45, 2.75) is 79.1 Å². The van der Waals surface area contributed by atoms with Gasteiger partial charge in [-0.1, -0.05) is 31.2 Å². The van der Waals surface area contributed by atoms with Gasteiger partial charge >= 0.3 is 47.6 Å². The quantitative estimate of drug-likeness (QED) is 0.249. The molecule has 0 heterocycles. The maximum absolute atomic E-state index is 14.0. The summed E-state index contributed by atoms with van der Waals surface area (Å²) in [5.41, 5.74) is -3.08. The second-order valence-corrected chi connectivity index (χ2v) is 7.78. The van der Waals surface area contributed by atoms with Crippen molar-refractivity contribution in [1.29, 1.82) is 0 Å². The molecule has 19 heteroatoms. The molecular weight excluding hydrogens is 571 g/mol. The van der Waals surface area contributed by atoms with Crippen LogP contribution in [0.2, 0.25) is 0 Å². The number of hydrogen-bond acceptors (Lipinski definition) is 2. The normalized spacial score (nSPS) is 21.9. The molecule has 2 atom stereocenters. The standard InChI is InChI=1S/C18H15F17O2/c1-2-9(19)11(20,21)12(22,23)13(24,25)14(26,27)15(28,29)16(30,31)17(32,33)18(34,35)37-10(8-36)6-4-3-5-7-10/h3-6,9,36H,2,7-8H2,1H3. The van der Waals surface area contributed by atoms with Crippen LogP contribution in [0.5, 0.6) is 0 Å². The first-order valence-electron chi connectivity index (χ1n) is 9.52. The smallest absolute Gasteiger partial charge is 0.393 e. The van der Waals surface area contributed by atoms with E-state index in [1.54, 1.807) is 0 Å². The molecule has 0 fully saturated rings. The number of aliphatic hydroxyl groups is 1. The summed E-state index contributed by atoms with van der Waals surface area (Å²) >= 11 is 0. The maximum Gasteiger partial charge on any atom is 0.426 e. The van der Waals surface area contributed by atoms with Crippen LogP contribution < -0.4 is 0 Å². The minimum Gasteiger partial charge on any atom is -0.393 e. The molecule has 0 bridgehead atoms. The number of alkyl halides is 17. The number of allylic oxidation sites excluding steroid dienone is 2. The van der Waals surface area contributed by atoms with Gasteiger partial charge in [-0.25, -0.2) is 4.39 Å². The highest BCUT2D eigenvalue weighted by Gasteiger charge is 2.95. The Hall–Kier alpha value is -1.79. The van der Waals surface area contributed by atoms with E-state index in [-0.39, 0.29) is 6.92 Å². The van der Waals surface area contributed by atoms with E-state index < -0.39 is 78.8 Å². The predicted octanol–water partition coefficient (Wildman–Crippen LogP) is 7.04. The van der Waals surface area contributed by atoms with E-state index in [1.807, 2.05) is 0 Å². The lowest BCUT2D eigenvalue weighted by atomic mass is 9.87. The molecule has 0 aromatic rings. The molecule has 0 aliphatic heterocycles. The SMILES string of the molecule is CCC(F)C(F)(F)C(F)(F)C(F)(F)C(F)(F)C(F)(F)C(F)(F)C(F)(F)C(F)(F)OC1(CO)C=CC=CC1. The fraction of sp³-hybridized carbons (Fsp3) is 0.778. The van der Waals surface area contributed by atoms with Gasteiger partial charge in [-0.05, 0) is 6.42 Å². The number of rotatable bonds is 12. The largest absolute Gasteiger partial charge is 0.426 e. The summed E-state index contributed by atoms with van der Waals surface area (Å²) in [6.45, 7) is -1.49. The van der Waals surface area contributed by atoms with Crippen molar-refractivity contribution in [1.82, 2.24) is 0 Å². The molecule has 2 unspecified atom stereocenters. The third-order valence-corrected chi connectivity index (χ3v) is 5.22. The molecule has 2 nitrogen and oxygen atoms in total. The maximum atomic E-state index is 14.0. The molecule has 0 saturated heterocycles. The van der Waals surface area contributed by atoms with Crippen LogP contribution in [0.15, 0.2) is 24.3 Å². The number of halogens is 17. The molecule has 0 amide bonds. The molecular formula is C18H15F17O2. The van der Waals surface area contributed by atoms with Crippen LogP contribution in [0.1, 0.15) is 19.8 Å². The monoisotopic (exact) mass is 586 g/mol. The zero-order chi connectivity index (χ0) is 29.7. The molecule has 1 N–H and O–H groups in total. The Morgan fingerprint density at radius 2 is 1.11 bits per heavy atom. The molecule has 1 aliphatic rings. The van der Waals surface area contributed by atoms with Crippen LogP contribution >= 0.6 is 0 Å². The molecule has 1 rings (SSSR count). The molecule has 218 valence electrons. The van der Waals surface area contributed by atoms with Crippen molar-refractivity contribution in [2.24, 2.45) is 0 Å². The summed E-state index contributed by atoms with van der Waals surface area (Å²) in [5.74, 6) is -57.0. The number of hydrogen-bond donors (Lipinski definition) is 1. The number of aliphatic hydroxyl groups excluding tert-OH is 1. The van der Waals surface area contributed by atoms with E-state index >= 15 is 0 Å². The van der Waals surface area contributed by atoms with Gasteiger partial charge in [0.25, 0.3) is 0 Å². The average Bonchev–Trinajstić information content (AvgIpc) is 2.77. The average molecular weight is 586 g/mol. The van der Waals surface area contributed by atoms with E-state index in [0.29, 0.717) is 12.2 Å². The van der Waals surface area contributed by atoms with Crippen LogP contribution in [-0.2, 0) is 4.74 Å².